The Morgan fingerprint density at radius 2 is 1.86 bits per heavy atom. The molecule has 1 heterocycles. The molecule has 0 atom stereocenters. The summed E-state index contributed by atoms with van der Waals surface area (Å²) in [6, 6.07) is 5.49. The Balaban J connectivity index is 2.06. The number of ether oxygens (including phenoxy) is 1. The van der Waals surface area contributed by atoms with Gasteiger partial charge in [0.25, 0.3) is 5.91 Å². The molecule has 0 unspecified atom stereocenters. The van der Waals surface area contributed by atoms with Crippen LogP contribution >= 0.6 is 11.5 Å². The van der Waals surface area contributed by atoms with E-state index in [0.29, 0.717) is 11.5 Å². The fourth-order valence-corrected chi connectivity index (χ4v) is 1.98. The van der Waals surface area contributed by atoms with Crippen molar-refractivity contribution in [2.75, 3.05) is 5.32 Å². The van der Waals surface area contributed by atoms with E-state index in [1.165, 1.54) is 31.2 Å². The van der Waals surface area contributed by atoms with Crippen LogP contribution in [-0.4, -0.2) is 21.2 Å². The van der Waals surface area contributed by atoms with Crippen LogP contribution in [0.25, 0.3) is 0 Å². The molecule has 2 aromatic rings. The number of nitrogens with one attached hydrogen (secondary N) is 1. The van der Waals surface area contributed by atoms with Gasteiger partial charge in [0.05, 0.1) is 0 Å². The van der Waals surface area contributed by atoms with E-state index in [2.05, 4.69) is 14.7 Å². The first-order chi connectivity index (χ1) is 10.3. The molecule has 116 valence electrons. The molecule has 1 N–H and O–H groups in total. The van der Waals surface area contributed by atoms with Crippen LogP contribution < -0.4 is 10.1 Å². The maximum atomic E-state index is 12.3. The Labute approximate surface area is 126 Å². The van der Waals surface area contributed by atoms with E-state index in [-0.39, 0.29) is 16.4 Å². The monoisotopic (exact) mass is 331 g/mol. The fraction of sp³-hybridized carbons (Fsp3) is 0.167. The number of carbonyl (C=O) groups is 2. The normalized spacial score (nSPS) is 11.1. The molecule has 6 nitrogen and oxygen atoms in total. The van der Waals surface area contributed by atoms with Gasteiger partial charge in [0.2, 0.25) is 11.0 Å². The van der Waals surface area contributed by atoms with Gasteiger partial charge in [-0.3, -0.25) is 14.9 Å². The molecular weight excluding hydrogens is 323 g/mol. The van der Waals surface area contributed by atoms with Crippen LogP contribution in [0.15, 0.2) is 24.3 Å². The van der Waals surface area contributed by atoms with Crippen molar-refractivity contribution in [2.24, 2.45) is 0 Å². The number of hydrogen-bond acceptors (Lipinski definition) is 6. The van der Waals surface area contributed by atoms with Gasteiger partial charge < -0.3 is 4.74 Å². The molecule has 0 bridgehead atoms. The second-order valence-corrected chi connectivity index (χ2v) is 4.74. The van der Waals surface area contributed by atoms with Crippen LogP contribution in [0.1, 0.15) is 23.1 Å². The molecule has 1 aromatic carbocycles. The lowest BCUT2D eigenvalue weighted by molar-refractivity contribution is -0.144. The summed E-state index contributed by atoms with van der Waals surface area (Å²) in [5, 5.41) is 1.95. The maximum Gasteiger partial charge on any atom is 0.452 e. The zero-order chi connectivity index (χ0) is 16.3. The highest BCUT2D eigenvalue weighted by Crippen LogP contribution is 2.29. The minimum atomic E-state index is -4.66. The van der Waals surface area contributed by atoms with Gasteiger partial charge in [-0.25, -0.2) is 0 Å². The van der Waals surface area contributed by atoms with Crippen molar-refractivity contribution >= 4 is 28.5 Å². The van der Waals surface area contributed by atoms with Crippen molar-refractivity contribution in [3.05, 3.63) is 35.7 Å². The number of anilines is 1. The van der Waals surface area contributed by atoms with Crippen molar-refractivity contribution in [1.82, 2.24) is 9.36 Å². The first kappa shape index (κ1) is 15.9. The summed E-state index contributed by atoms with van der Waals surface area (Å²) in [6.07, 6.45) is -4.66. The van der Waals surface area contributed by atoms with Crippen LogP contribution in [0.3, 0.4) is 0 Å². The minimum Gasteiger partial charge on any atom is -0.427 e. The Morgan fingerprint density at radius 3 is 2.36 bits per heavy atom. The summed E-state index contributed by atoms with van der Waals surface area (Å²) in [5.41, 5.74) is 0.166. The number of amides is 1. The Hall–Kier alpha value is -2.49. The first-order valence-electron chi connectivity index (χ1n) is 5.76. The van der Waals surface area contributed by atoms with Crippen molar-refractivity contribution < 1.29 is 27.5 Å². The number of aromatic nitrogens is 2. The molecule has 0 saturated carbocycles. The molecule has 0 aliphatic rings. The zero-order valence-corrected chi connectivity index (χ0v) is 11.8. The second-order valence-electron chi connectivity index (χ2n) is 3.99. The molecule has 0 aliphatic heterocycles. The molecule has 0 radical (unpaired) electrons. The molecule has 10 heteroatoms. The van der Waals surface area contributed by atoms with Crippen LogP contribution in [0.5, 0.6) is 5.75 Å². The molecule has 1 amide bonds. The highest BCUT2D eigenvalue weighted by molar-refractivity contribution is 7.09. The number of carbonyl (C=O) groups excluding carboxylic acids is 2. The summed E-state index contributed by atoms with van der Waals surface area (Å²) in [7, 11) is 0. The topological polar surface area (TPSA) is 81.2 Å². The lowest BCUT2D eigenvalue weighted by atomic mass is 10.2. The number of benzene rings is 1. The van der Waals surface area contributed by atoms with Gasteiger partial charge in [-0.15, -0.1) is 0 Å². The predicted molar refractivity (Wildman–Crippen MR) is 70.6 cm³/mol. The van der Waals surface area contributed by atoms with Gasteiger partial charge in [0.1, 0.15) is 5.75 Å². The number of alkyl halides is 3. The lowest BCUT2D eigenvalue weighted by Gasteiger charge is -2.03. The van der Waals surface area contributed by atoms with Gasteiger partial charge in [-0.2, -0.15) is 22.5 Å². The standard InChI is InChI=1S/C12H8F3N3O3S/c1-6(19)21-8-4-2-7(3-5-8)9(20)16-11-17-10(18-22-11)12(13,14)15/h2-5H,1H3,(H,16,17,18,20). The number of esters is 1. The van der Waals surface area contributed by atoms with E-state index >= 15 is 0 Å². The first-order valence-corrected chi connectivity index (χ1v) is 6.54. The summed E-state index contributed by atoms with van der Waals surface area (Å²) in [4.78, 5) is 25.8. The number of halogens is 3. The third kappa shape index (κ3) is 4.01. The quantitative estimate of drug-likeness (QED) is 0.691. The van der Waals surface area contributed by atoms with E-state index in [4.69, 9.17) is 4.74 Å². The number of rotatable bonds is 3. The smallest absolute Gasteiger partial charge is 0.427 e. The molecule has 1 aromatic heterocycles. The summed E-state index contributed by atoms with van der Waals surface area (Å²) in [5.74, 6) is -2.22. The van der Waals surface area contributed by atoms with Gasteiger partial charge in [-0.05, 0) is 24.3 Å². The van der Waals surface area contributed by atoms with E-state index in [9.17, 15) is 22.8 Å². The summed E-state index contributed by atoms with van der Waals surface area (Å²) >= 11 is 0.429. The average Bonchev–Trinajstić information content (AvgIpc) is 2.87. The molecule has 0 spiro atoms. The average molecular weight is 331 g/mol. The van der Waals surface area contributed by atoms with Crippen LogP contribution in [-0.2, 0) is 11.0 Å². The maximum absolute atomic E-state index is 12.3. The van der Waals surface area contributed by atoms with E-state index in [1.54, 1.807) is 0 Å². The van der Waals surface area contributed by atoms with Gasteiger partial charge in [0.15, 0.2) is 0 Å². The second kappa shape index (κ2) is 6.10. The van der Waals surface area contributed by atoms with E-state index in [1.807, 2.05) is 0 Å². The van der Waals surface area contributed by atoms with E-state index in [0.717, 1.165) is 0 Å². The zero-order valence-electron chi connectivity index (χ0n) is 11.0. The van der Waals surface area contributed by atoms with Gasteiger partial charge in [-0.1, -0.05) is 0 Å². The molecule has 2 rings (SSSR count). The molecule has 0 saturated heterocycles. The highest BCUT2D eigenvalue weighted by Gasteiger charge is 2.36. The van der Waals surface area contributed by atoms with Crippen LogP contribution in [0.4, 0.5) is 18.3 Å². The van der Waals surface area contributed by atoms with Gasteiger partial charge in [0, 0.05) is 24.0 Å². The molecule has 0 fully saturated rings. The Bertz CT molecular complexity index is 698. The minimum absolute atomic E-state index is 0.166. The fourth-order valence-electron chi connectivity index (χ4n) is 1.40. The molecular formula is C12H8F3N3O3S. The van der Waals surface area contributed by atoms with Crippen molar-refractivity contribution in [1.29, 1.82) is 0 Å². The van der Waals surface area contributed by atoms with Crippen LogP contribution in [0.2, 0.25) is 0 Å². The van der Waals surface area contributed by atoms with Crippen LogP contribution in [0, 0.1) is 0 Å². The number of hydrogen-bond donors (Lipinski definition) is 1. The Morgan fingerprint density at radius 1 is 1.23 bits per heavy atom. The highest BCUT2D eigenvalue weighted by atomic mass is 32.1. The lowest BCUT2D eigenvalue weighted by Crippen LogP contribution is -2.13. The number of nitrogens with zero attached hydrogens (tertiary/aromatic N) is 2. The third-order valence-corrected chi connectivity index (χ3v) is 2.91. The summed E-state index contributed by atoms with van der Waals surface area (Å²) < 4.78 is 44.9. The largest absolute Gasteiger partial charge is 0.452 e. The van der Waals surface area contributed by atoms with Crippen molar-refractivity contribution in [2.45, 2.75) is 13.1 Å². The Kier molecular flexibility index (Phi) is 4.40. The van der Waals surface area contributed by atoms with Gasteiger partial charge >= 0.3 is 12.1 Å². The molecule has 0 aliphatic carbocycles. The third-order valence-electron chi connectivity index (χ3n) is 2.28. The predicted octanol–water partition coefficient (Wildman–Crippen LogP) is 2.73. The summed E-state index contributed by atoms with van der Waals surface area (Å²) in [6.45, 7) is 1.23. The van der Waals surface area contributed by atoms with Crippen molar-refractivity contribution in [3.63, 3.8) is 0 Å². The van der Waals surface area contributed by atoms with Crippen molar-refractivity contribution in [3.8, 4) is 5.75 Å². The van der Waals surface area contributed by atoms with E-state index < -0.39 is 23.9 Å². The molecule has 22 heavy (non-hydrogen) atoms. The SMILES string of the molecule is CC(=O)Oc1ccc(C(=O)Nc2nc(C(F)(F)F)ns2)cc1.